The molecule has 2 atom stereocenters. The quantitative estimate of drug-likeness (QED) is 0.0580. The Morgan fingerprint density at radius 1 is 0.575 bits per heavy atom. The molecule has 0 heterocycles. The van der Waals surface area contributed by atoms with Crippen molar-refractivity contribution in [3.8, 4) is 0 Å². The molecule has 1 amide bonds. The number of rotatable bonds is 31. The van der Waals surface area contributed by atoms with Crippen LogP contribution < -0.4 is 5.32 Å². The maximum absolute atomic E-state index is 12.3. The van der Waals surface area contributed by atoms with E-state index in [1.54, 1.807) is 6.08 Å². The van der Waals surface area contributed by atoms with Crippen LogP contribution in [-0.2, 0) is 4.79 Å². The minimum atomic E-state index is -0.837. The minimum Gasteiger partial charge on any atom is -0.394 e. The fourth-order valence-electron chi connectivity index (χ4n) is 5.17. The summed E-state index contributed by atoms with van der Waals surface area (Å²) in [7, 11) is 0. The van der Waals surface area contributed by atoms with Gasteiger partial charge in [-0.3, -0.25) is 4.79 Å². The van der Waals surface area contributed by atoms with Gasteiger partial charge in [0.05, 0.1) is 18.8 Å². The van der Waals surface area contributed by atoms with Gasteiger partial charge < -0.3 is 15.5 Å². The molecule has 0 radical (unpaired) electrons. The third-order valence-electron chi connectivity index (χ3n) is 7.93. The average molecular weight is 564 g/mol. The standard InChI is InChI=1S/C36H69NO3/c1-3-5-7-9-11-13-15-17-18-20-22-24-26-28-30-32-36(40)37-34(33-38)35(39)31-29-27-25-23-21-19-16-14-12-10-8-6-4-2/h17-18,29,31,34-35,38-39H,3-16,19-28,30,32-33H2,1-2H3,(H,37,40)/b18-17-,31-29+/t34-,35-/m0/s1. The van der Waals surface area contributed by atoms with Crippen molar-refractivity contribution in [1.29, 1.82) is 0 Å². The molecule has 4 nitrogen and oxygen atoms in total. The topological polar surface area (TPSA) is 69.6 Å². The molecule has 0 aromatic rings. The molecule has 0 aromatic heterocycles. The van der Waals surface area contributed by atoms with Crippen molar-refractivity contribution in [3.05, 3.63) is 24.3 Å². The smallest absolute Gasteiger partial charge is 0.220 e. The van der Waals surface area contributed by atoms with Crippen LogP contribution in [0.5, 0.6) is 0 Å². The van der Waals surface area contributed by atoms with E-state index in [9.17, 15) is 15.0 Å². The van der Waals surface area contributed by atoms with Crippen molar-refractivity contribution in [2.24, 2.45) is 0 Å². The van der Waals surface area contributed by atoms with E-state index in [1.807, 2.05) is 6.08 Å². The molecule has 0 bridgehead atoms. The molecule has 4 heteroatoms. The third-order valence-corrected chi connectivity index (χ3v) is 7.93. The zero-order valence-corrected chi connectivity index (χ0v) is 26.9. The predicted octanol–water partition coefficient (Wildman–Crippen LogP) is 10.1. The molecule has 0 saturated heterocycles. The average Bonchev–Trinajstić information content (AvgIpc) is 2.96. The van der Waals surface area contributed by atoms with Crippen molar-refractivity contribution >= 4 is 5.91 Å². The monoisotopic (exact) mass is 564 g/mol. The Bertz CT molecular complexity index is 574. The molecule has 0 aliphatic heterocycles. The van der Waals surface area contributed by atoms with E-state index >= 15 is 0 Å². The molecule has 0 aromatic carbocycles. The molecular formula is C36H69NO3. The lowest BCUT2D eigenvalue weighted by molar-refractivity contribution is -0.123. The first kappa shape index (κ1) is 38.9. The number of aliphatic hydroxyl groups excluding tert-OH is 2. The molecule has 3 N–H and O–H groups in total. The Morgan fingerprint density at radius 2 is 0.950 bits per heavy atom. The number of aliphatic hydroxyl groups is 2. The van der Waals surface area contributed by atoms with Crippen LogP contribution >= 0.6 is 0 Å². The normalized spacial score (nSPS) is 13.4. The summed E-state index contributed by atoms with van der Waals surface area (Å²) in [5, 5.41) is 22.8. The van der Waals surface area contributed by atoms with E-state index in [1.165, 1.54) is 128 Å². The highest BCUT2D eigenvalue weighted by atomic mass is 16.3. The highest BCUT2D eigenvalue weighted by Crippen LogP contribution is 2.13. The Kier molecular flexibility index (Phi) is 31.5. The van der Waals surface area contributed by atoms with Gasteiger partial charge in [-0.2, -0.15) is 0 Å². The van der Waals surface area contributed by atoms with Gasteiger partial charge in [0.25, 0.3) is 0 Å². The predicted molar refractivity (Wildman–Crippen MR) is 175 cm³/mol. The summed E-state index contributed by atoms with van der Waals surface area (Å²) in [5.41, 5.74) is 0. The highest BCUT2D eigenvalue weighted by Gasteiger charge is 2.17. The van der Waals surface area contributed by atoms with E-state index < -0.39 is 12.1 Å². The SMILES string of the molecule is CCCCCCCC/C=C\CCCCCCCC(=O)N[C@@H](CO)[C@@H](O)/C=C/CCCCCCCCCCCCC. The molecule has 236 valence electrons. The first-order valence-electron chi connectivity index (χ1n) is 17.6. The van der Waals surface area contributed by atoms with Crippen LogP contribution in [0.4, 0.5) is 0 Å². The summed E-state index contributed by atoms with van der Waals surface area (Å²) in [6.45, 7) is 4.28. The number of carbonyl (C=O) groups is 1. The maximum Gasteiger partial charge on any atom is 0.220 e. The maximum atomic E-state index is 12.3. The van der Waals surface area contributed by atoms with Gasteiger partial charge in [0.1, 0.15) is 0 Å². The van der Waals surface area contributed by atoms with E-state index in [4.69, 9.17) is 0 Å². The summed E-state index contributed by atoms with van der Waals surface area (Å²) in [5.74, 6) is -0.0745. The van der Waals surface area contributed by atoms with Crippen LogP contribution in [0.1, 0.15) is 181 Å². The van der Waals surface area contributed by atoms with E-state index in [0.717, 1.165) is 32.1 Å². The second kappa shape index (κ2) is 32.4. The largest absolute Gasteiger partial charge is 0.394 e. The van der Waals surface area contributed by atoms with Crippen LogP contribution in [0.2, 0.25) is 0 Å². The minimum absolute atomic E-state index is 0.0745. The van der Waals surface area contributed by atoms with Crippen molar-refractivity contribution < 1.29 is 15.0 Å². The second-order valence-corrected chi connectivity index (χ2v) is 11.9. The van der Waals surface area contributed by atoms with Gasteiger partial charge in [-0.05, 0) is 44.9 Å². The summed E-state index contributed by atoms with van der Waals surface area (Å²) in [6, 6.07) is -0.621. The fraction of sp³-hybridized carbons (Fsp3) is 0.861. The zero-order valence-electron chi connectivity index (χ0n) is 26.9. The summed E-state index contributed by atoms with van der Waals surface area (Å²) in [6.07, 6.45) is 39.7. The number of unbranched alkanes of at least 4 members (excludes halogenated alkanes) is 22. The number of allylic oxidation sites excluding steroid dienone is 3. The molecule has 0 rings (SSSR count). The van der Waals surface area contributed by atoms with Gasteiger partial charge in [0.2, 0.25) is 5.91 Å². The van der Waals surface area contributed by atoms with Crippen LogP contribution in [0, 0.1) is 0 Å². The molecule has 0 aliphatic rings. The lowest BCUT2D eigenvalue weighted by atomic mass is 10.0. The highest BCUT2D eigenvalue weighted by molar-refractivity contribution is 5.76. The molecular weight excluding hydrogens is 494 g/mol. The Morgan fingerprint density at radius 3 is 1.38 bits per heavy atom. The van der Waals surface area contributed by atoms with Crippen LogP contribution in [0.15, 0.2) is 24.3 Å². The number of nitrogens with one attached hydrogen (secondary N) is 1. The number of carbonyl (C=O) groups excluding carboxylic acids is 1. The van der Waals surface area contributed by atoms with Crippen LogP contribution in [0.3, 0.4) is 0 Å². The number of amides is 1. The summed E-state index contributed by atoms with van der Waals surface area (Å²) >= 11 is 0. The van der Waals surface area contributed by atoms with Gasteiger partial charge in [-0.15, -0.1) is 0 Å². The zero-order chi connectivity index (χ0) is 29.4. The van der Waals surface area contributed by atoms with E-state index in [-0.39, 0.29) is 12.5 Å². The van der Waals surface area contributed by atoms with E-state index in [2.05, 4.69) is 31.3 Å². The van der Waals surface area contributed by atoms with Crippen molar-refractivity contribution in [2.45, 2.75) is 193 Å². The third kappa shape index (κ3) is 28.4. The number of hydrogen-bond acceptors (Lipinski definition) is 3. The molecule has 0 spiro atoms. The lowest BCUT2D eigenvalue weighted by Gasteiger charge is -2.20. The first-order valence-corrected chi connectivity index (χ1v) is 17.6. The molecule has 0 aliphatic carbocycles. The van der Waals surface area contributed by atoms with Gasteiger partial charge in [-0.1, -0.05) is 154 Å². The Balaban J connectivity index is 3.65. The summed E-state index contributed by atoms with van der Waals surface area (Å²) < 4.78 is 0. The van der Waals surface area contributed by atoms with Crippen molar-refractivity contribution in [1.82, 2.24) is 5.32 Å². The molecule has 40 heavy (non-hydrogen) atoms. The van der Waals surface area contributed by atoms with Gasteiger partial charge in [0.15, 0.2) is 0 Å². The number of hydrogen-bond donors (Lipinski definition) is 3. The Labute approximate surface area is 249 Å². The van der Waals surface area contributed by atoms with Gasteiger partial charge in [0, 0.05) is 6.42 Å². The first-order chi connectivity index (χ1) is 19.7. The van der Waals surface area contributed by atoms with Crippen LogP contribution in [-0.4, -0.2) is 34.9 Å². The van der Waals surface area contributed by atoms with Crippen LogP contribution in [0.25, 0.3) is 0 Å². The fourth-order valence-corrected chi connectivity index (χ4v) is 5.17. The Hall–Kier alpha value is -1.13. The molecule has 0 saturated carbocycles. The van der Waals surface area contributed by atoms with Gasteiger partial charge in [-0.25, -0.2) is 0 Å². The van der Waals surface area contributed by atoms with Crippen molar-refractivity contribution in [2.75, 3.05) is 6.61 Å². The molecule has 0 fully saturated rings. The second-order valence-electron chi connectivity index (χ2n) is 11.9. The molecule has 0 unspecified atom stereocenters. The van der Waals surface area contributed by atoms with Gasteiger partial charge >= 0.3 is 0 Å². The lowest BCUT2D eigenvalue weighted by Crippen LogP contribution is -2.45. The summed E-state index contributed by atoms with van der Waals surface area (Å²) in [4.78, 5) is 12.3. The van der Waals surface area contributed by atoms with Crippen molar-refractivity contribution in [3.63, 3.8) is 0 Å². The van der Waals surface area contributed by atoms with E-state index in [0.29, 0.717) is 6.42 Å².